The molecular weight excluding hydrogens is 813 g/mol. The van der Waals surface area contributed by atoms with Crippen molar-refractivity contribution in [3.8, 4) is 28.4 Å². The van der Waals surface area contributed by atoms with Crippen LogP contribution in [0.1, 0.15) is 0 Å². The fourth-order valence-corrected chi connectivity index (χ4v) is 10.7. The summed E-state index contributed by atoms with van der Waals surface area (Å²) in [4.78, 5) is 20.3. The fraction of sp³-hybridized carbons (Fsp3) is 0. The van der Waals surface area contributed by atoms with E-state index in [1.807, 2.05) is 24.5 Å². The zero-order chi connectivity index (χ0) is 43.0. The number of rotatable bonds is 5. The fourth-order valence-electron chi connectivity index (χ4n) is 10.7. The molecule has 0 saturated heterocycles. The van der Waals surface area contributed by atoms with Gasteiger partial charge >= 0.3 is 0 Å². The standard InChI is InChI=1S/C56H34N10/c1-3-16-35(17-4-1)61-44-25-9-8-23-41(44)50-43-33-39(62-45-26-10-7-22-40(45)49-42-24-14-31-58-52(42)64(54(49)62)36-18-5-2-6-19-36)34-59-53(43)65(55(50)61)38-21-13-20-37(32-38)63-46-27-11-12-28-47(46)66-48-29-15-30-57-51(48)60-56(63)66/h1-34H. The van der Waals surface area contributed by atoms with Gasteiger partial charge in [0.05, 0.1) is 50.8 Å². The van der Waals surface area contributed by atoms with Crippen LogP contribution in [0.2, 0.25) is 0 Å². The van der Waals surface area contributed by atoms with E-state index in [0.717, 1.165) is 117 Å². The molecular formula is C56H34N10. The molecule has 0 bridgehead atoms. The van der Waals surface area contributed by atoms with Gasteiger partial charge < -0.3 is 0 Å². The average Bonchev–Trinajstić information content (AvgIpc) is 4.21. The quantitative estimate of drug-likeness (QED) is 0.173. The predicted molar refractivity (Wildman–Crippen MR) is 265 cm³/mol. The second-order valence-electron chi connectivity index (χ2n) is 16.8. The summed E-state index contributed by atoms with van der Waals surface area (Å²) >= 11 is 0. The van der Waals surface area contributed by atoms with Gasteiger partial charge in [-0.2, -0.15) is 4.98 Å². The molecule has 9 heterocycles. The third kappa shape index (κ3) is 4.63. The first kappa shape index (κ1) is 35.2. The van der Waals surface area contributed by atoms with Crippen LogP contribution in [0.25, 0.3) is 122 Å². The van der Waals surface area contributed by atoms with Crippen molar-refractivity contribution in [1.29, 1.82) is 0 Å². The highest BCUT2D eigenvalue weighted by Gasteiger charge is 2.27. The van der Waals surface area contributed by atoms with Crippen molar-refractivity contribution < 1.29 is 0 Å². The van der Waals surface area contributed by atoms with Crippen LogP contribution in [0.5, 0.6) is 0 Å². The summed E-state index contributed by atoms with van der Waals surface area (Å²) in [5, 5.41) is 6.74. The summed E-state index contributed by atoms with van der Waals surface area (Å²) in [6, 6.07) is 66.4. The summed E-state index contributed by atoms with van der Waals surface area (Å²) < 4.78 is 13.8. The molecule has 9 aromatic heterocycles. The molecule has 15 rings (SSSR count). The zero-order valence-electron chi connectivity index (χ0n) is 35.1. The first-order valence-corrected chi connectivity index (χ1v) is 22.1. The second-order valence-corrected chi connectivity index (χ2v) is 16.8. The summed E-state index contributed by atoms with van der Waals surface area (Å²) in [5.74, 6) is 0.805. The smallest absolute Gasteiger partial charge is 0.222 e. The van der Waals surface area contributed by atoms with Crippen molar-refractivity contribution in [2.75, 3.05) is 0 Å². The molecule has 10 nitrogen and oxygen atoms in total. The van der Waals surface area contributed by atoms with Gasteiger partial charge in [0.25, 0.3) is 0 Å². The van der Waals surface area contributed by atoms with E-state index in [9.17, 15) is 0 Å². The molecule has 0 aliphatic carbocycles. The van der Waals surface area contributed by atoms with Crippen molar-refractivity contribution >= 4 is 93.9 Å². The van der Waals surface area contributed by atoms with Crippen molar-refractivity contribution in [1.82, 2.24) is 47.2 Å². The molecule has 0 aliphatic rings. The number of fused-ring (bicyclic) bond motifs is 15. The zero-order valence-corrected chi connectivity index (χ0v) is 35.1. The molecule has 6 aromatic carbocycles. The van der Waals surface area contributed by atoms with Crippen LogP contribution in [-0.4, -0.2) is 47.2 Å². The monoisotopic (exact) mass is 846 g/mol. The number of nitrogens with zero attached hydrogens (tertiary/aromatic N) is 10. The van der Waals surface area contributed by atoms with Crippen LogP contribution >= 0.6 is 0 Å². The van der Waals surface area contributed by atoms with E-state index >= 15 is 0 Å². The Morgan fingerprint density at radius 3 is 1.58 bits per heavy atom. The molecule has 0 saturated carbocycles. The number of imidazole rings is 2. The lowest BCUT2D eigenvalue weighted by Gasteiger charge is -2.15. The van der Waals surface area contributed by atoms with Crippen LogP contribution in [0.15, 0.2) is 207 Å². The van der Waals surface area contributed by atoms with Crippen LogP contribution in [0, 0.1) is 0 Å². The van der Waals surface area contributed by atoms with E-state index in [1.165, 1.54) is 0 Å². The topological polar surface area (TPSA) is 80.6 Å². The lowest BCUT2D eigenvalue weighted by atomic mass is 10.1. The maximum atomic E-state index is 5.53. The SMILES string of the molecule is c1ccc(-n2c3ccccc3c3c4cc(-n5c6ccccc6c6c7cccnc7n(-c7ccccc7)c65)cnc4n(-c4cccc(-n5c6ccccc6n6c7cccnc7nc56)c4)c32)cc1. The molecule has 66 heavy (non-hydrogen) atoms. The van der Waals surface area contributed by atoms with E-state index in [2.05, 4.69) is 208 Å². The Bertz CT molecular complexity index is 4460. The molecule has 10 heteroatoms. The predicted octanol–water partition coefficient (Wildman–Crippen LogP) is 12.7. The summed E-state index contributed by atoms with van der Waals surface area (Å²) in [5.41, 5.74) is 14.9. The summed E-state index contributed by atoms with van der Waals surface area (Å²) in [6.07, 6.45) is 5.72. The van der Waals surface area contributed by atoms with E-state index in [1.54, 1.807) is 6.20 Å². The lowest BCUT2D eigenvalue weighted by Crippen LogP contribution is -2.05. The molecule has 0 unspecified atom stereocenters. The molecule has 0 radical (unpaired) electrons. The number of aromatic nitrogens is 10. The summed E-state index contributed by atoms with van der Waals surface area (Å²) in [7, 11) is 0. The van der Waals surface area contributed by atoms with Gasteiger partial charge in [0.1, 0.15) is 22.6 Å². The van der Waals surface area contributed by atoms with Gasteiger partial charge in [0.15, 0.2) is 5.65 Å². The Balaban J connectivity index is 1.06. The number of para-hydroxylation sites is 6. The lowest BCUT2D eigenvalue weighted by molar-refractivity contribution is 1.03. The highest BCUT2D eigenvalue weighted by atomic mass is 15.2. The molecule has 15 aromatic rings. The normalized spacial score (nSPS) is 12.2. The van der Waals surface area contributed by atoms with E-state index in [-0.39, 0.29) is 0 Å². The van der Waals surface area contributed by atoms with E-state index in [4.69, 9.17) is 15.0 Å². The van der Waals surface area contributed by atoms with Gasteiger partial charge in [-0.1, -0.05) is 91.0 Å². The van der Waals surface area contributed by atoms with Crippen molar-refractivity contribution in [3.63, 3.8) is 0 Å². The number of hydrogen-bond acceptors (Lipinski definition) is 4. The first-order valence-electron chi connectivity index (χ1n) is 22.1. The van der Waals surface area contributed by atoms with Gasteiger partial charge in [0.2, 0.25) is 5.78 Å². The third-order valence-electron chi connectivity index (χ3n) is 13.3. The van der Waals surface area contributed by atoms with E-state index < -0.39 is 0 Å². The molecule has 0 aliphatic heterocycles. The van der Waals surface area contributed by atoms with Crippen molar-refractivity contribution in [2.45, 2.75) is 0 Å². The maximum absolute atomic E-state index is 5.53. The molecule has 0 atom stereocenters. The highest BCUT2D eigenvalue weighted by molar-refractivity contribution is 6.24. The van der Waals surface area contributed by atoms with Crippen LogP contribution in [-0.2, 0) is 0 Å². The Labute approximate surface area is 374 Å². The maximum Gasteiger partial charge on any atom is 0.222 e. The largest absolute Gasteiger partial charge is 0.295 e. The van der Waals surface area contributed by atoms with Gasteiger partial charge in [0, 0.05) is 56.1 Å². The van der Waals surface area contributed by atoms with Crippen LogP contribution in [0.4, 0.5) is 0 Å². The minimum Gasteiger partial charge on any atom is -0.295 e. The molecule has 0 spiro atoms. The first-order chi connectivity index (χ1) is 32.8. The Morgan fingerprint density at radius 2 is 0.833 bits per heavy atom. The molecule has 308 valence electrons. The minimum atomic E-state index is 0.710. The Kier molecular flexibility index (Phi) is 7.01. The Morgan fingerprint density at radius 1 is 0.318 bits per heavy atom. The molecule has 0 fully saturated rings. The minimum absolute atomic E-state index is 0.710. The average molecular weight is 847 g/mol. The van der Waals surface area contributed by atoms with Gasteiger partial charge in [-0.25, -0.2) is 15.0 Å². The number of benzene rings is 6. The molecule has 0 N–H and O–H groups in total. The second kappa shape index (κ2) is 13.1. The highest BCUT2D eigenvalue weighted by Crippen LogP contribution is 2.44. The van der Waals surface area contributed by atoms with Crippen LogP contribution < -0.4 is 0 Å². The van der Waals surface area contributed by atoms with Crippen LogP contribution in [0.3, 0.4) is 0 Å². The third-order valence-corrected chi connectivity index (χ3v) is 13.3. The van der Waals surface area contributed by atoms with E-state index in [0.29, 0.717) is 5.65 Å². The van der Waals surface area contributed by atoms with Gasteiger partial charge in [-0.3, -0.25) is 27.2 Å². The summed E-state index contributed by atoms with van der Waals surface area (Å²) in [6.45, 7) is 0. The number of hydrogen-bond donors (Lipinski definition) is 0. The Hall–Kier alpha value is -9.28. The molecule has 0 amide bonds. The van der Waals surface area contributed by atoms with Gasteiger partial charge in [-0.15, -0.1) is 0 Å². The number of pyridine rings is 3. The van der Waals surface area contributed by atoms with Crippen molar-refractivity contribution in [2.24, 2.45) is 0 Å². The van der Waals surface area contributed by atoms with Crippen molar-refractivity contribution in [3.05, 3.63) is 207 Å². The van der Waals surface area contributed by atoms with Gasteiger partial charge in [-0.05, 0) is 97.1 Å².